The lowest BCUT2D eigenvalue weighted by Gasteiger charge is -2.02. The Morgan fingerprint density at radius 3 is 2.70 bits per heavy atom. The maximum atomic E-state index is 11.8. The zero-order chi connectivity index (χ0) is 14.1. The second-order valence-corrected chi connectivity index (χ2v) is 5.56. The molecular weight excluding hydrogens is 298 g/mol. The zero-order valence-electron chi connectivity index (χ0n) is 10.1. The quantitative estimate of drug-likeness (QED) is 0.526. The molecule has 3 heterocycles. The van der Waals surface area contributed by atoms with Crippen LogP contribution in [0.3, 0.4) is 0 Å². The number of thioether (sulfide) groups is 1. The third-order valence-electron chi connectivity index (χ3n) is 2.33. The zero-order valence-corrected chi connectivity index (χ0v) is 11.7. The highest BCUT2D eigenvalue weighted by Gasteiger charge is 2.07. The van der Waals surface area contributed by atoms with E-state index in [4.69, 9.17) is 11.5 Å². The Morgan fingerprint density at radius 2 is 1.95 bits per heavy atom. The number of hydrogen-bond acceptors (Lipinski definition) is 9. The average Bonchev–Trinajstić information content (AvgIpc) is 2.84. The van der Waals surface area contributed by atoms with Gasteiger partial charge in [0.15, 0.2) is 5.16 Å². The Balaban J connectivity index is 1.84. The first-order chi connectivity index (χ1) is 9.61. The maximum absolute atomic E-state index is 11.8. The number of nitrogens with zero attached hydrogens (tertiary/aromatic N) is 5. The number of anilines is 2. The third-order valence-corrected chi connectivity index (χ3v) is 3.89. The molecule has 0 aliphatic rings. The molecule has 0 aliphatic heterocycles. The SMILES string of the molecule is Nc1cc(N)nc(SCc2cc(=O)n3ncsc3n2)n1. The fourth-order valence-electron chi connectivity index (χ4n) is 1.54. The summed E-state index contributed by atoms with van der Waals surface area (Å²) in [6.45, 7) is 0. The second-order valence-electron chi connectivity index (χ2n) is 3.81. The summed E-state index contributed by atoms with van der Waals surface area (Å²) < 4.78 is 1.26. The summed E-state index contributed by atoms with van der Waals surface area (Å²) >= 11 is 2.62. The van der Waals surface area contributed by atoms with Gasteiger partial charge in [-0.3, -0.25) is 4.79 Å². The molecule has 20 heavy (non-hydrogen) atoms. The lowest BCUT2D eigenvalue weighted by Crippen LogP contribution is -2.14. The van der Waals surface area contributed by atoms with Crippen LogP contribution in [0.1, 0.15) is 5.69 Å². The van der Waals surface area contributed by atoms with Crippen molar-refractivity contribution < 1.29 is 0 Å². The fraction of sp³-hybridized carbons (Fsp3) is 0.100. The van der Waals surface area contributed by atoms with Crippen LogP contribution in [0.2, 0.25) is 0 Å². The Bertz CT molecular complexity index is 808. The topological polar surface area (TPSA) is 125 Å². The molecule has 0 saturated carbocycles. The smallest absolute Gasteiger partial charge is 0.275 e. The van der Waals surface area contributed by atoms with E-state index in [1.54, 1.807) is 5.51 Å². The molecule has 0 amide bonds. The molecule has 0 radical (unpaired) electrons. The van der Waals surface area contributed by atoms with E-state index in [1.807, 2.05) is 0 Å². The van der Waals surface area contributed by atoms with Crippen LogP contribution in [0.15, 0.2) is 27.6 Å². The van der Waals surface area contributed by atoms with Gasteiger partial charge in [-0.15, -0.1) is 0 Å². The Morgan fingerprint density at radius 1 is 1.20 bits per heavy atom. The van der Waals surface area contributed by atoms with Gasteiger partial charge in [0, 0.05) is 17.9 Å². The van der Waals surface area contributed by atoms with E-state index in [-0.39, 0.29) is 5.56 Å². The highest BCUT2D eigenvalue weighted by atomic mass is 32.2. The van der Waals surface area contributed by atoms with Crippen molar-refractivity contribution >= 4 is 39.7 Å². The van der Waals surface area contributed by atoms with Crippen LogP contribution in [0.4, 0.5) is 11.6 Å². The van der Waals surface area contributed by atoms with Crippen molar-refractivity contribution in [1.82, 2.24) is 24.6 Å². The summed E-state index contributed by atoms with van der Waals surface area (Å²) in [4.78, 5) is 24.8. The van der Waals surface area contributed by atoms with Gasteiger partial charge in [-0.1, -0.05) is 23.1 Å². The number of fused-ring (bicyclic) bond motifs is 1. The van der Waals surface area contributed by atoms with E-state index < -0.39 is 0 Å². The summed E-state index contributed by atoms with van der Waals surface area (Å²) in [5, 5.41) is 4.35. The number of nitrogens with two attached hydrogens (primary N) is 2. The van der Waals surface area contributed by atoms with E-state index in [0.717, 1.165) is 0 Å². The van der Waals surface area contributed by atoms with E-state index in [0.29, 0.717) is 33.2 Å². The Hall–Kier alpha value is -2.20. The molecule has 4 N–H and O–H groups in total. The monoisotopic (exact) mass is 307 g/mol. The number of hydrogen-bond donors (Lipinski definition) is 2. The Labute approximate surface area is 120 Å². The molecule has 3 aromatic rings. The number of rotatable bonds is 3. The molecule has 0 fully saturated rings. The highest BCUT2D eigenvalue weighted by Crippen LogP contribution is 2.20. The van der Waals surface area contributed by atoms with Crippen molar-refractivity contribution in [3.8, 4) is 0 Å². The second kappa shape index (κ2) is 5.06. The molecule has 3 rings (SSSR count). The van der Waals surface area contributed by atoms with Gasteiger partial charge in [-0.2, -0.15) is 9.61 Å². The normalized spacial score (nSPS) is 11.0. The first kappa shape index (κ1) is 12.8. The van der Waals surface area contributed by atoms with Crippen molar-refractivity contribution in [2.24, 2.45) is 0 Å². The van der Waals surface area contributed by atoms with Crippen molar-refractivity contribution in [2.75, 3.05) is 11.5 Å². The standard InChI is InChI=1S/C10H9N7OS2/c11-6-2-7(12)16-9(15-6)19-3-5-1-8(18)17-10(14-5)20-4-13-17/h1-2,4H,3H2,(H4,11,12,15,16). The van der Waals surface area contributed by atoms with Crippen molar-refractivity contribution in [3.63, 3.8) is 0 Å². The van der Waals surface area contributed by atoms with E-state index in [9.17, 15) is 4.79 Å². The van der Waals surface area contributed by atoms with Gasteiger partial charge >= 0.3 is 0 Å². The van der Waals surface area contributed by atoms with Gasteiger partial charge < -0.3 is 11.5 Å². The first-order valence-electron chi connectivity index (χ1n) is 5.47. The molecule has 10 heteroatoms. The maximum Gasteiger partial charge on any atom is 0.275 e. The summed E-state index contributed by atoms with van der Waals surface area (Å²) in [6, 6.07) is 2.92. The van der Waals surface area contributed by atoms with Gasteiger partial charge in [0.2, 0.25) is 4.96 Å². The van der Waals surface area contributed by atoms with Crippen LogP contribution in [-0.2, 0) is 5.75 Å². The first-order valence-corrected chi connectivity index (χ1v) is 7.33. The van der Waals surface area contributed by atoms with E-state index >= 15 is 0 Å². The summed E-state index contributed by atoms with van der Waals surface area (Å²) in [6.07, 6.45) is 0. The molecule has 8 nitrogen and oxygen atoms in total. The predicted octanol–water partition coefficient (Wildman–Crippen LogP) is 0.398. The molecule has 0 aromatic carbocycles. The van der Waals surface area contributed by atoms with Crippen molar-refractivity contribution in [1.29, 1.82) is 0 Å². The van der Waals surface area contributed by atoms with Crippen molar-refractivity contribution in [3.05, 3.63) is 33.7 Å². The van der Waals surface area contributed by atoms with Crippen LogP contribution in [0.25, 0.3) is 4.96 Å². The lowest BCUT2D eigenvalue weighted by atomic mass is 10.4. The summed E-state index contributed by atoms with van der Waals surface area (Å²) in [5.41, 5.74) is 13.2. The number of nitrogen functional groups attached to an aromatic ring is 2. The summed E-state index contributed by atoms with van der Waals surface area (Å²) in [5.74, 6) is 1.07. The van der Waals surface area contributed by atoms with Crippen LogP contribution in [0, 0.1) is 0 Å². The van der Waals surface area contributed by atoms with Gasteiger partial charge in [-0.05, 0) is 0 Å². The average molecular weight is 307 g/mol. The third kappa shape index (κ3) is 2.56. The predicted molar refractivity (Wildman–Crippen MR) is 77.6 cm³/mol. The molecule has 0 saturated heterocycles. The van der Waals surface area contributed by atoms with Crippen LogP contribution in [-0.4, -0.2) is 24.6 Å². The number of aromatic nitrogens is 5. The minimum absolute atomic E-state index is 0.208. The van der Waals surface area contributed by atoms with Gasteiger partial charge in [0.05, 0.1) is 5.69 Å². The summed E-state index contributed by atoms with van der Waals surface area (Å²) in [7, 11) is 0. The molecule has 0 atom stereocenters. The van der Waals surface area contributed by atoms with Crippen LogP contribution < -0.4 is 17.0 Å². The van der Waals surface area contributed by atoms with Gasteiger partial charge in [0.1, 0.15) is 17.1 Å². The van der Waals surface area contributed by atoms with Gasteiger partial charge in [0.25, 0.3) is 5.56 Å². The van der Waals surface area contributed by atoms with Crippen LogP contribution in [0.5, 0.6) is 0 Å². The van der Waals surface area contributed by atoms with E-state index in [1.165, 1.54) is 39.7 Å². The highest BCUT2D eigenvalue weighted by molar-refractivity contribution is 7.98. The van der Waals surface area contributed by atoms with E-state index in [2.05, 4.69) is 20.1 Å². The minimum Gasteiger partial charge on any atom is -0.383 e. The molecule has 0 spiro atoms. The fourth-order valence-corrected chi connectivity index (χ4v) is 2.95. The molecule has 0 bridgehead atoms. The molecule has 3 aromatic heterocycles. The lowest BCUT2D eigenvalue weighted by molar-refractivity contribution is 0.888. The molecule has 0 unspecified atom stereocenters. The Kier molecular flexibility index (Phi) is 3.24. The largest absolute Gasteiger partial charge is 0.383 e. The molecule has 102 valence electrons. The van der Waals surface area contributed by atoms with Crippen molar-refractivity contribution in [2.45, 2.75) is 10.9 Å². The molecular formula is C10H9N7OS2. The van der Waals surface area contributed by atoms with Crippen LogP contribution >= 0.6 is 23.1 Å². The van der Waals surface area contributed by atoms with Gasteiger partial charge in [-0.25, -0.2) is 15.0 Å². The molecule has 0 aliphatic carbocycles. The minimum atomic E-state index is -0.208.